The highest BCUT2D eigenvalue weighted by molar-refractivity contribution is 5.76. The third kappa shape index (κ3) is 11.3. The second kappa shape index (κ2) is 15.9. The van der Waals surface area contributed by atoms with Crippen molar-refractivity contribution in [1.82, 2.24) is 4.90 Å². The Labute approximate surface area is 162 Å². The molecule has 0 atom stereocenters. The highest BCUT2D eigenvalue weighted by Crippen LogP contribution is 2.12. The Morgan fingerprint density at radius 2 is 1.31 bits per heavy atom. The van der Waals surface area contributed by atoms with E-state index in [1.165, 1.54) is 69.8 Å². The Balaban J connectivity index is 2.00. The fraction of sp³-hybridized carbons (Fsp3) is 0.708. The zero-order valence-electron chi connectivity index (χ0n) is 17.3. The molecule has 0 saturated carbocycles. The Kier molecular flexibility index (Phi) is 13.9. The molecule has 0 aliphatic carbocycles. The molecule has 0 aromatic heterocycles. The number of rotatable bonds is 16. The van der Waals surface area contributed by atoms with Crippen molar-refractivity contribution in [2.75, 3.05) is 13.1 Å². The molecule has 0 radical (unpaired) electrons. The van der Waals surface area contributed by atoms with Gasteiger partial charge in [-0.15, -0.1) is 0 Å². The molecule has 0 aliphatic heterocycles. The first-order chi connectivity index (χ1) is 12.8. The summed E-state index contributed by atoms with van der Waals surface area (Å²) in [5, 5.41) is 0. The van der Waals surface area contributed by atoms with Crippen LogP contribution in [0.4, 0.5) is 0 Å². The fourth-order valence-electron chi connectivity index (χ4n) is 3.47. The Morgan fingerprint density at radius 1 is 0.769 bits per heavy atom. The minimum absolute atomic E-state index is 0.333. The first kappa shape index (κ1) is 22.7. The van der Waals surface area contributed by atoms with Gasteiger partial charge >= 0.3 is 0 Å². The summed E-state index contributed by atoms with van der Waals surface area (Å²) in [7, 11) is 0. The SMILES string of the molecule is CCCCCCCCCCCCCC(=O)N(CC)CCc1ccccc1. The van der Waals surface area contributed by atoms with Gasteiger partial charge in [-0.3, -0.25) is 4.79 Å². The molecule has 0 heterocycles. The number of hydrogen-bond acceptors (Lipinski definition) is 1. The maximum Gasteiger partial charge on any atom is 0.222 e. The molecule has 1 aromatic carbocycles. The summed E-state index contributed by atoms with van der Waals surface area (Å²) in [6.07, 6.45) is 16.3. The molecule has 1 amide bonds. The van der Waals surface area contributed by atoms with Crippen molar-refractivity contribution in [3.8, 4) is 0 Å². The van der Waals surface area contributed by atoms with Gasteiger partial charge in [-0.05, 0) is 25.3 Å². The third-order valence-corrected chi connectivity index (χ3v) is 5.24. The van der Waals surface area contributed by atoms with Crippen LogP contribution in [0.15, 0.2) is 30.3 Å². The van der Waals surface area contributed by atoms with Crippen LogP contribution >= 0.6 is 0 Å². The summed E-state index contributed by atoms with van der Waals surface area (Å²) >= 11 is 0. The van der Waals surface area contributed by atoms with Crippen molar-refractivity contribution in [3.05, 3.63) is 35.9 Å². The lowest BCUT2D eigenvalue weighted by molar-refractivity contribution is -0.131. The van der Waals surface area contributed by atoms with Gasteiger partial charge in [0, 0.05) is 19.5 Å². The van der Waals surface area contributed by atoms with Crippen LogP contribution in [0.3, 0.4) is 0 Å². The average molecular weight is 360 g/mol. The molecule has 0 aliphatic rings. The van der Waals surface area contributed by atoms with Crippen LogP contribution < -0.4 is 0 Å². The lowest BCUT2D eigenvalue weighted by Crippen LogP contribution is -2.32. The summed E-state index contributed by atoms with van der Waals surface area (Å²) < 4.78 is 0. The molecule has 26 heavy (non-hydrogen) atoms. The predicted molar refractivity (Wildman–Crippen MR) is 113 cm³/mol. The highest BCUT2D eigenvalue weighted by atomic mass is 16.2. The van der Waals surface area contributed by atoms with E-state index in [0.29, 0.717) is 5.91 Å². The second-order valence-corrected chi connectivity index (χ2v) is 7.49. The van der Waals surface area contributed by atoms with Gasteiger partial charge in [-0.2, -0.15) is 0 Å². The molecular formula is C24H41NO. The molecular weight excluding hydrogens is 318 g/mol. The van der Waals surface area contributed by atoms with Gasteiger partial charge in [0.2, 0.25) is 5.91 Å². The second-order valence-electron chi connectivity index (χ2n) is 7.49. The van der Waals surface area contributed by atoms with Crippen molar-refractivity contribution in [2.24, 2.45) is 0 Å². The predicted octanol–water partition coefficient (Wildman–Crippen LogP) is 6.78. The molecule has 1 aromatic rings. The average Bonchev–Trinajstić information content (AvgIpc) is 2.67. The number of benzene rings is 1. The molecule has 0 N–H and O–H groups in total. The van der Waals surface area contributed by atoms with Gasteiger partial charge in [-0.25, -0.2) is 0 Å². The van der Waals surface area contributed by atoms with Crippen molar-refractivity contribution in [2.45, 2.75) is 97.3 Å². The van der Waals surface area contributed by atoms with E-state index in [0.717, 1.165) is 32.4 Å². The topological polar surface area (TPSA) is 20.3 Å². The lowest BCUT2D eigenvalue weighted by atomic mass is 10.0. The van der Waals surface area contributed by atoms with E-state index in [1.54, 1.807) is 0 Å². The first-order valence-electron chi connectivity index (χ1n) is 11.1. The number of likely N-dealkylation sites (N-methyl/N-ethyl adjacent to an activating group) is 1. The molecule has 1 rings (SSSR count). The van der Waals surface area contributed by atoms with E-state index < -0.39 is 0 Å². The van der Waals surface area contributed by atoms with E-state index in [1.807, 2.05) is 11.0 Å². The zero-order chi connectivity index (χ0) is 18.9. The van der Waals surface area contributed by atoms with Gasteiger partial charge in [-0.1, -0.05) is 101 Å². The molecule has 2 nitrogen and oxygen atoms in total. The van der Waals surface area contributed by atoms with E-state index in [2.05, 4.69) is 38.1 Å². The third-order valence-electron chi connectivity index (χ3n) is 5.24. The number of carbonyl (C=O) groups excluding carboxylic acids is 1. The summed E-state index contributed by atoms with van der Waals surface area (Å²) in [6, 6.07) is 10.5. The quantitative estimate of drug-likeness (QED) is 0.298. The molecule has 0 unspecified atom stereocenters. The van der Waals surface area contributed by atoms with Crippen LogP contribution in [-0.2, 0) is 11.2 Å². The number of hydrogen-bond donors (Lipinski definition) is 0. The van der Waals surface area contributed by atoms with E-state index >= 15 is 0 Å². The standard InChI is InChI=1S/C24H41NO/c1-3-5-6-7-8-9-10-11-12-13-17-20-24(26)25(4-2)22-21-23-18-15-14-16-19-23/h14-16,18-19H,3-13,17,20-22H2,1-2H3. The smallest absolute Gasteiger partial charge is 0.222 e. The minimum Gasteiger partial charge on any atom is -0.343 e. The molecule has 0 fully saturated rings. The molecule has 0 saturated heterocycles. The number of nitrogens with zero attached hydrogens (tertiary/aromatic N) is 1. The zero-order valence-corrected chi connectivity index (χ0v) is 17.3. The number of unbranched alkanes of at least 4 members (excludes halogenated alkanes) is 10. The Bertz CT molecular complexity index is 443. The summed E-state index contributed by atoms with van der Waals surface area (Å²) in [4.78, 5) is 14.4. The van der Waals surface area contributed by atoms with Crippen LogP contribution in [0, 0.1) is 0 Å². The summed E-state index contributed by atoms with van der Waals surface area (Å²) in [5.41, 5.74) is 1.31. The van der Waals surface area contributed by atoms with Gasteiger partial charge < -0.3 is 4.90 Å². The Hall–Kier alpha value is -1.31. The van der Waals surface area contributed by atoms with Crippen LogP contribution in [0.5, 0.6) is 0 Å². The first-order valence-corrected chi connectivity index (χ1v) is 11.1. The molecule has 148 valence electrons. The van der Waals surface area contributed by atoms with Crippen molar-refractivity contribution in [3.63, 3.8) is 0 Å². The van der Waals surface area contributed by atoms with Crippen molar-refractivity contribution in [1.29, 1.82) is 0 Å². The Morgan fingerprint density at radius 3 is 1.85 bits per heavy atom. The molecule has 0 spiro atoms. The van der Waals surface area contributed by atoms with Crippen LogP contribution in [-0.4, -0.2) is 23.9 Å². The van der Waals surface area contributed by atoms with Crippen molar-refractivity contribution < 1.29 is 4.79 Å². The van der Waals surface area contributed by atoms with Crippen LogP contribution in [0.2, 0.25) is 0 Å². The molecule has 0 bridgehead atoms. The number of amides is 1. The normalized spacial score (nSPS) is 10.8. The van der Waals surface area contributed by atoms with Gasteiger partial charge in [0.1, 0.15) is 0 Å². The van der Waals surface area contributed by atoms with Gasteiger partial charge in [0.25, 0.3) is 0 Å². The lowest BCUT2D eigenvalue weighted by Gasteiger charge is -2.21. The molecule has 2 heteroatoms. The van der Waals surface area contributed by atoms with Crippen molar-refractivity contribution >= 4 is 5.91 Å². The van der Waals surface area contributed by atoms with E-state index in [4.69, 9.17) is 0 Å². The summed E-state index contributed by atoms with van der Waals surface area (Å²) in [5.74, 6) is 0.333. The van der Waals surface area contributed by atoms with E-state index in [9.17, 15) is 4.79 Å². The van der Waals surface area contributed by atoms with E-state index in [-0.39, 0.29) is 0 Å². The largest absolute Gasteiger partial charge is 0.343 e. The maximum atomic E-state index is 12.4. The highest BCUT2D eigenvalue weighted by Gasteiger charge is 2.10. The van der Waals surface area contributed by atoms with Gasteiger partial charge in [0.05, 0.1) is 0 Å². The fourth-order valence-corrected chi connectivity index (χ4v) is 3.47. The van der Waals surface area contributed by atoms with Crippen LogP contribution in [0.1, 0.15) is 96.5 Å². The minimum atomic E-state index is 0.333. The summed E-state index contributed by atoms with van der Waals surface area (Å²) in [6.45, 7) is 6.03. The maximum absolute atomic E-state index is 12.4. The number of carbonyl (C=O) groups is 1. The monoisotopic (exact) mass is 359 g/mol. The van der Waals surface area contributed by atoms with Crippen LogP contribution in [0.25, 0.3) is 0 Å². The van der Waals surface area contributed by atoms with Gasteiger partial charge in [0.15, 0.2) is 0 Å².